The Hall–Kier alpha value is -2.78. The summed E-state index contributed by atoms with van der Waals surface area (Å²) in [7, 11) is 3.17. The summed E-state index contributed by atoms with van der Waals surface area (Å²) in [6, 6.07) is 7.74. The number of halogens is 1. The highest BCUT2D eigenvalue weighted by molar-refractivity contribution is 5.74. The molecule has 0 saturated carbocycles. The second kappa shape index (κ2) is 11.4. The lowest BCUT2D eigenvalue weighted by atomic mass is 10.1. The Morgan fingerprint density at radius 3 is 2.33 bits per heavy atom. The molecule has 2 aromatic heterocycles. The molecule has 0 saturated heterocycles. The zero-order valence-corrected chi connectivity index (χ0v) is 20.8. The molecule has 9 nitrogen and oxygen atoms in total. The molecule has 0 fully saturated rings. The third-order valence-electron chi connectivity index (χ3n) is 6.02. The van der Waals surface area contributed by atoms with Gasteiger partial charge in [-0.2, -0.15) is 4.98 Å². The standard InChI is InChI=1S/C23H34N6O3.ClH/c1-6-28(7-2)22-25-20-19(21(31)27(5)23(32)26(20)4)29(22)14-8-13-24-16(3)15-17-9-11-18(30)12-10-17;/h9-12,16,24,30H,6-8,13-15H2,1-5H3;1H. The molecular formula is C23H35ClN6O3. The van der Waals surface area contributed by atoms with Crippen LogP contribution in [0.1, 0.15) is 32.8 Å². The Morgan fingerprint density at radius 1 is 1.09 bits per heavy atom. The van der Waals surface area contributed by atoms with Crippen LogP contribution in [-0.2, 0) is 27.1 Å². The number of fused-ring (bicyclic) bond motifs is 1. The van der Waals surface area contributed by atoms with Gasteiger partial charge in [0.15, 0.2) is 11.2 Å². The van der Waals surface area contributed by atoms with E-state index in [4.69, 9.17) is 4.98 Å². The highest BCUT2D eigenvalue weighted by Crippen LogP contribution is 2.19. The summed E-state index contributed by atoms with van der Waals surface area (Å²) in [6.45, 7) is 9.40. The number of quaternary nitrogens is 1. The van der Waals surface area contributed by atoms with E-state index in [1.54, 1.807) is 19.2 Å². The molecule has 0 spiro atoms. The van der Waals surface area contributed by atoms with Crippen LogP contribution >= 0.6 is 0 Å². The Labute approximate surface area is 200 Å². The fraction of sp³-hybridized carbons (Fsp3) is 0.522. The number of aryl methyl sites for hydroxylation is 2. The molecule has 1 aromatic carbocycles. The highest BCUT2D eigenvalue weighted by Gasteiger charge is 2.21. The van der Waals surface area contributed by atoms with Crippen molar-refractivity contribution in [1.29, 1.82) is 0 Å². The van der Waals surface area contributed by atoms with E-state index in [9.17, 15) is 14.7 Å². The highest BCUT2D eigenvalue weighted by atomic mass is 35.5. The summed E-state index contributed by atoms with van der Waals surface area (Å²) in [6.07, 6.45) is 1.78. The van der Waals surface area contributed by atoms with E-state index in [0.717, 1.165) is 43.0 Å². The average molecular weight is 479 g/mol. The van der Waals surface area contributed by atoms with Crippen LogP contribution in [0.2, 0.25) is 0 Å². The molecule has 0 amide bonds. The first-order valence-corrected chi connectivity index (χ1v) is 11.3. The number of benzene rings is 1. The SMILES string of the molecule is CCN(CC)c1nc2c(c(=O)n(C)c(=O)n2C)n1CCC[NH2+]C(C)Cc1ccc(O)cc1.[Cl-]. The monoisotopic (exact) mass is 478 g/mol. The summed E-state index contributed by atoms with van der Waals surface area (Å²) >= 11 is 0. The van der Waals surface area contributed by atoms with Crippen LogP contribution in [0.5, 0.6) is 5.75 Å². The Balaban J connectivity index is 0.00000385. The predicted octanol–water partition coefficient (Wildman–Crippen LogP) is -2.43. The van der Waals surface area contributed by atoms with Gasteiger partial charge >= 0.3 is 5.69 Å². The number of anilines is 1. The van der Waals surface area contributed by atoms with Crippen molar-refractivity contribution in [3.05, 3.63) is 50.7 Å². The molecule has 3 N–H and O–H groups in total. The molecule has 2 heterocycles. The van der Waals surface area contributed by atoms with Gasteiger partial charge in [-0.1, -0.05) is 12.1 Å². The van der Waals surface area contributed by atoms with Gasteiger partial charge in [0.25, 0.3) is 5.56 Å². The molecule has 3 aromatic rings. The molecular weight excluding hydrogens is 444 g/mol. The molecule has 1 unspecified atom stereocenters. The maximum Gasteiger partial charge on any atom is 0.332 e. The molecule has 0 bridgehead atoms. The molecule has 10 heteroatoms. The molecule has 0 radical (unpaired) electrons. The van der Waals surface area contributed by atoms with Gasteiger partial charge in [-0.05, 0) is 38.5 Å². The second-order valence-corrected chi connectivity index (χ2v) is 8.34. The number of imidazole rings is 1. The molecule has 0 aliphatic carbocycles. The third kappa shape index (κ3) is 5.59. The van der Waals surface area contributed by atoms with Gasteiger partial charge in [-0.25, -0.2) is 4.79 Å². The number of nitrogens with two attached hydrogens (primary N) is 1. The van der Waals surface area contributed by atoms with Crippen LogP contribution < -0.4 is 33.9 Å². The van der Waals surface area contributed by atoms with Crippen molar-refractivity contribution in [2.45, 2.75) is 46.2 Å². The molecule has 0 aliphatic heterocycles. The number of phenolic OH excluding ortho intramolecular Hbond substituents is 1. The quantitative estimate of drug-likeness (QED) is 0.316. The lowest BCUT2D eigenvalue weighted by Crippen LogP contribution is -3.00. The van der Waals surface area contributed by atoms with Gasteiger partial charge in [-0.15, -0.1) is 0 Å². The summed E-state index contributed by atoms with van der Waals surface area (Å²) < 4.78 is 4.58. The lowest BCUT2D eigenvalue weighted by molar-refractivity contribution is -0.686. The maximum atomic E-state index is 12.9. The van der Waals surface area contributed by atoms with Crippen LogP contribution in [0.3, 0.4) is 0 Å². The van der Waals surface area contributed by atoms with Crippen LogP contribution in [-0.4, -0.2) is 49.5 Å². The van der Waals surface area contributed by atoms with Crippen molar-refractivity contribution in [2.75, 3.05) is 24.5 Å². The van der Waals surface area contributed by atoms with E-state index in [1.165, 1.54) is 17.2 Å². The topological polar surface area (TPSA) is 102 Å². The van der Waals surface area contributed by atoms with Crippen LogP contribution in [0.4, 0.5) is 5.95 Å². The smallest absolute Gasteiger partial charge is 0.332 e. The van der Waals surface area contributed by atoms with Crippen molar-refractivity contribution < 1.29 is 22.8 Å². The first kappa shape index (κ1) is 26.5. The van der Waals surface area contributed by atoms with E-state index >= 15 is 0 Å². The minimum Gasteiger partial charge on any atom is -1.00 e. The van der Waals surface area contributed by atoms with Crippen LogP contribution in [0.25, 0.3) is 11.2 Å². The Morgan fingerprint density at radius 2 is 1.73 bits per heavy atom. The molecule has 33 heavy (non-hydrogen) atoms. The number of nitrogens with zero attached hydrogens (tertiary/aromatic N) is 5. The van der Waals surface area contributed by atoms with Gasteiger partial charge in [0.05, 0.1) is 12.6 Å². The largest absolute Gasteiger partial charge is 1.00 e. The minimum atomic E-state index is -0.366. The van der Waals surface area contributed by atoms with Crippen molar-refractivity contribution in [1.82, 2.24) is 18.7 Å². The van der Waals surface area contributed by atoms with E-state index in [0.29, 0.717) is 23.8 Å². The van der Waals surface area contributed by atoms with Crippen molar-refractivity contribution >= 4 is 17.1 Å². The maximum absolute atomic E-state index is 12.9. The normalized spacial score (nSPS) is 12.0. The fourth-order valence-electron chi connectivity index (χ4n) is 4.13. The van der Waals surface area contributed by atoms with E-state index in [1.807, 2.05) is 16.7 Å². The fourth-order valence-corrected chi connectivity index (χ4v) is 4.13. The number of aromatic hydroxyl groups is 1. The molecule has 1 atom stereocenters. The van der Waals surface area contributed by atoms with Gasteiger partial charge in [0.2, 0.25) is 5.95 Å². The van der Waals surface area contributed by atoms with Gasteiger partial charge < -0.3 is 32.3 Å². The first-order chi connectivity index (χ1) is 15.3. The van der Waals surface area contributed by atoms with Gasteiger partial charge in [0, 0.05) is 46.6 Å². The third-order valence-corrected chi connectivity index (χ3v) is 6.02. The number of phenols is 1. The second-order valence-electron chi connectivity index (χ2n) is 8.34. The van der Waals surface area contributed by atoms with E-state index < -0.39 is 0 Å². The zero-order valence-electron chi connectivity index (χ0n) is 20.1. The van der Waals surface area contributed by atoms with Crippen molar-refractivity contribution in [3.8, 4) is 5.75 Å². The van der Waals surface area contributed by atoms with Crippen molar-refractivity contribution in [2.24, 2.45) is 14.1 Å². The predicted molar refractivity (Wildman–Crippen MR) is 126 cm³/mol. The summed E-state index contributed by atoms with van der Waals surface area (Å²) in [5, 5.41) is 11.7. The molecule has 182 valence electrons. The zero-order chi connectivity index (χ0) is 23.4. The molecule has 3 rings (SSSR count). The summed E-state index contributed by atoms with van der Waals surface area (Å²) in [5.74, 6) is 1.02. The van der Waals surface area contributed by atoms with Gasteiger partial charge in [0.1, 0.15) is 5.75 Å². The summed E-state index contributed by atoms with van der Waals surface area (Å²) in [5.41, 5.74) is 1.44. The number of aromatic nitrogens is 4. The van der Waals surface area contributed by atoms with E-state index in [2.05, 4.69) is 31.0 Å². The average Bonchev–Trinajstić information content (AvgIpc) is 3.15. The number of rotatable bonds is 10. The van der Waals surface area contributed by atoms with Crippen LogP contribution in [0.15, 0.2) is 33.9 Å². The van der Waals surface area contributed by atoms with Crippen molar-refractivity contribution in [3.63, 3.8) is 0 Å². The number of hydrogen-bond donors (Lipinski definition) is 2. The summed E-state index contributed by atoms with van der Waals surface area (Å²) in [4.78, 5) is 32.1. The van der Waals surface area contributed by atoms with Crippen LogP contribution in [0, 0.1) is 0 Å². The lowest BCUT2D eigenvalue weighted by Gasteiger charge is -2.21. The Bertz CT molecular complexity index is 1180. The minimum absolute atomic E-state index is 0. The van der Waals surface area contributed by atoms with Gasteiger partial charge in [-0.3, -0.25) is 13.9 Å². The van der Waals surface area contributed by atoms with E-state index in [-0.39, 0.29) is 29.4 Å². The first-order valence-electron chi connectivity index (χ1n) is 11.3. The molecule has 0 aliphatic rings. The number of hydrogen-bond acceptors (Lipinski definition) is 5. The Kier molecular flexibility index (Phi) is 9.13.